The van der Waals surface area contributed by atoms with Crippen molar-refractivity contribution in [3.05, 3.63) is 33.7 Å². The summed E-state index contributed by atoms with van der Waals surface area (Å²) in [4.78, 5) is 26.3. The number of aryl methyl sites for hydroxylation is 1. The number of aromatic amines is 1. The molecule has 4 nitrogen and oxygen atoms in total. The summed E-state index contributed by atoms with van der Waals surface area (Å²) in [6.45, 7) is 5.69. The molecule has 1 unspecified atom stereocenters. The summed E-state index contributed by atoms with van der Waals surface area (Å²) in [5.74, 6) is 0.166. The van der Waals surface area contributed by atoms with E-state index in [-0.39, 0.29) is 28.9 Å². The predicted molar refractivity (Wildman–Crippen MR) is 68.6 cm³/mol. The lowest BCUT2D eigenvalue weighted by molar-refractivity contribution is 0.0929. The van der Waals surface area contributed by atoms with E-state index in [1.807, 2.05) is 13.8 Å². The van der Waals surface area contributed by atoms with Gasteiger partial charge in [-0.25, -0.2) is 0 Å². The summed E-state index contributed by atoms with van der Waals surface area (Å²) in [6.07, 6.45) is 1.43. The highest BCUT2D eigenvalue weighted by atomic mass is 35.5. The van der Waals surface area contributed by atoms with Gasteiger partial charge in [-0.3, -0.25) is 9.59 Å². The Morgan fingerprint density at radius 2 is 2.18 bits per heavy atom. The van der Waals surface area contributed by atoms with Crippen LogP contribution in [-0.2, 0) is 0 Å². The molecular formula is C12H17ClN2O2. The number of carbonyl (C=O) groups is 1. The number of aromatic nitrogens is 1. The molecule has 1 rings (SSSR count). The van der Waals surface area contributed by atoms with Crippen molar-refractivity contribution in [3.8, 4) is 0 Å². The summed E-state index contributed by atoms with van der Waals surface area (Å²) < 4.78 is 0. The zero-order valence-electron chi connectivity index (χ0n) is 10.2. The van der Waals surface area contributed by atoms with Gasteiger partial charge in [0.25, 0.3) is 5.91 Å². The molecule has 1 heterocycles. The van der Waals surface area contributed by atoms with E-state index < -0.39 is 0 Å². The molecule has 2 N–H and O–H groups in total. The Labute approximate surface area is 105 Å². The van der Waals surface area contributed by atoms with E-state index in [0.29, 0.717) is 5.88 Å². The third kappa shape index (κ3) is 3.60. The lowest BCUT2D eigenvalue weighted by atomic mass is 10.1. The predicted octanol–water partition coefficient (Wildman–Crippen LogP) is 1.68. The van der Waals surface area contributed by atoms with Crippen LogP contribution in [0.1, 0.15) is 29.9 Å². The molecule has 5 heteroatoms. The van der Waals surface area contributed by atoms with Crippen LogP contribution < -0.4 is 10.7 Å². The number of hydrogen-bond donors (Lipinski definition) is 2. The Balaban J connectivity index is 2.86. The fraction of sp³-hybridized carbons (Fsp3) is 0.500. The van der Waals surface area contributed by atoms with Crippen LogP contribution in [0.4, 0.5) is 0 Å². The summed E-state index contributed by atoms with van der Waals surface area (Å²) in [5, 5.41) is 2.75. The fourth-order valence-electron chi connectivity index (χ4n) is 1.38. The first kappa shape index (κ1) is 13.8. The largest absolute Gasteiger partial charge is 0.364 e. The first-order chi connectivity index (χ1) is 7.95. The van der Waals surface area contributed by atoms with Crippen molar-refractivity contribution in [2.75, 3.05) is 5.88 Å². The van der Waals surface area contributed by atoms with E-state index in [4.69, 9.17) is 11.6 Å². The van der Waals surface area contributed by atoms with Crippen molar-refractivity contribution < 1.29 is 4.79 Å². The van der Waals surface area contributed by atoms with Gasteiger partial charge in [0.15, 0.2) is 5.43 Å². The highest BCUT2D eigenvalue weighted by Crippen LogP contribution is 2.04. The van der Waals surface area contributed by atoms with Gasteiger partial charge in [0, 0.05) is 29.9 Å². The van der Waals surface area contributed by atoms with Gasteiger partial charge in [-0.15, -0.1) is 11.6 Å². The first-order valence-corrected chi connectivity index (χ1v) is 6.05. The number of halogens is 1. The third-order valence-corrected chi connectivity index (χ3v) is 2.92. The Hall–Kier alpha value is -1.29. The fourth-order valence-corrected chi connectivity index (χ4v) is 1.81. The third-order valence-electron chi connectivity index (χ3n) is 2.59. The number of hydrogen-bond acceptors (Lipinski definition) is 2. The molecule has 17 heavy (non-hydrogen) atoms. The van der Waals surface area contributed by atoms with E-state index in [2.05, 4.69) is 10.3 Å². The van der Waals surface area contributed by atoms with Crippen molar-refractivity contribution in [1.82, 2.24) is 10.3 Å². The van der Waals surface area contributed by atoms with Crippen molar-refractivity contribution in [3.63, 3.8) is 0 Å². The Bertz CT molecular complexity index is 454. The summed E-state index contributed by atoms with van der Waals surface area (Å²) in [5.41, 5.74) is 0.562. The highest BCUT2D eigenvalue weighted by Gasteiger charge is 2.17. The van der Waals surface area contributed by atoms with Gasteiger partial charge in [0.05, 0.1) is 0 Å². The number of carbonyl (C=O) groups excluding carboxylic acids is 1. The maximum absolute atomic E-state index is 11.9. The maximum atomic E-state index is 11.9. The smallest absolute Gasteiger partial charge is 0.257 e. The molecule has 0 spiro atoms. The van der Waals surface area contributed by atoms with E-state index in [9.17, 15) is 9.59 Å². The molecule has 0 radical (unpaired) electrons. The second-order valence-corrected chi connectivity index (χ2v) is 4.68. The number of amides is 1. The van der Waals surface area contributed by atoms with Crippen LogP contribution in [0.15, 0.2) is 17.1 Å². The Morgan fingerprint density at radius 3 is 2.65 bits per heavy atom. The lowest BCUT2D eigenvalue weighted by Gasteiger charge is -2.19. The molecule has 0 aromatic carbocycles. The minimum Gasteiger partial charge on any atom is -0.364 e. The van der Waals surface area contributed by atoms with Gasteiger partial charge >= 0.3 is 0 Å². The molecule has 0 aliphatic rings. The van der Waals surface area contributed by atoms with Crippen LogP contribution in [-0.4, -0.2) is 22.8 Å². The second-order valence-electron chi connectivity index (χ2n) is 4.37. The normalized spacial score (nSPS) is 12.5. The van der Waals surface area contributed by atoms with Gasteiger partial charge in [-0.2, -0.15) is 0 Å². The summed E-state index contributed by atoms with van der Waals surface area (Å²) in [6, 6.07) is 1.27. The van der Waals surface area contributed by atoms with Crippen molar-refractivity contribution in [1.29, 1.82) is 0 Å². The molecule has 0 saturated heterocycles. The van der Waals surface area contributed by atoms with Crippen LogP contribution in [0.25, 0.3) is 0 Å². The number of nitrogens with one attached hydrogen (secondary N) is 2. The number of H-pyrrole nitrogens is 1. The van der Waals surface area contributed by atoms with Crippen molar-refractivity contribution in [2.45, 2.75) is 26.8 Å². The zero-order valence-corrected chi connectivity index (χ0v) is 11.0. The minimum absolute atomic E-state index is 0.117. The van der Waals surface area contributed by atoms with E-state index in [1.54, 1.807) is 6.92 Å². The number of pyridine rings is 1. The van der Waals surface area contributed by atoms with Gasteiger partial charge in [0.2, 0.25) is 0 Å². The molecule has 0 saturated carbocycles. The average Bonchev–Trinajstić information content (AvgIpc) is 2.24. The molecule has 0 bridgehead atoms. The average molecular weight is 257 g/mol. The van der Waals surface area contributed by atoms with Gasteiger partial charge in [0.1, 0.15) is 5.56 Å². The first-order valence-electron chi connectivity index (χ1n) is 5.52. The van der Waals surface area contributed by atoms with Crippen LogP contribution in [0, 0.1) is 12.8 Å². The molecule has 1 aromatic heterocycles. The zero-order chi connectivity index (χ0) is 13.0. The standard InChI is InChI=1S/C12H17ClN2O2/c1-7(2)10(5-13)15-12(17)9-6-14-8(3)4-11(9)16/h4,6-7,10H,5H2,1-3H3,(H,14,16)(H,15,17). The van der Waals surface area contributed by atoms with Crippen LogP contribution in [0.5, 0.6) is 0 Å². The molecule has 0 aliphatic heterocycles. The summed E-state index contributed by atoms with van der Waals surface area (Å²) in [7, 11) is 0. The number of alkyl halides is 1. The van der Waals surface area contributed by atoms with Crippen molar-refractivity contribution in [2.24, 2.45) is 5.92 Å². The topological polar surface area (TPSA) is 62.0 Å². The Morgan fingerprint density at radius 1 is 1.53 bits per heavy atom. The molecule has 0 fully saturated rings. The van der Waals surface area contributed by atoms with Crippen LogP contribution in [0.3, 0.4) is 0 Å². The SMILES string of the molecule is Cc1cc(=O)c(C(=O)NC(CCl)C(C)C)c[nH]1. The molecule has 94 valence electrons. The van der Waals surface area contributed by atoms with E-state index in [0.717, 1.165) is 5.69 Å². The molecule has 1 amide bonds. The van der Waals surface area contributed by atoms with Crippen molar-refractivity contribution >= 4 is 17.5 Å². The van der Waals surface area contributed by atoms with Crippen LogP contribution >= 0.6 is 11.6 Å². The molecule has 0 aliphatic carbocycles. The van der Waals surface area contributed by atoms with Crippen LogP contribution in [0.2, 0.25) is 0 Å². The van der Waals surface area contributed by atoms with Gasteiger partial charge < -0.3 is 10.3 Å². The van der Waals surface area contributed by atoms with Gasteiger partial charge in [-0.1, -0.05) is 13.8 Å². The monoisotopic (exact) mass is 256 g/mol. The van der Waals surface area contributed by atoms with E-state index in [1.165, 1.54) is 12.3 Å². The molecule has 1 aromatic rings. The maximum Gasteiger partial charge on any atom is 0.257 e. The minimum atomic E-state index is -0.384. The lowest BCUT2D eigenvalue weighted by Crippen LogP contribution is -2.41. The molecular weight excluding hydrogens is 240 g/mol. The van der Waals surface area contributed by atoms with Gasteiger partial charge in [-0.05, 0) is 12.8 Å². The quantitative estimate of drug-likeness (QED) is 0.805. The summed E-state index contributed by atoms with van der Waals surface area (Å²) >= 11 is 5.76. The second kappa shape index (κ2) is 5.87. The highest BCUT2D eigenvalue weighted by molar-refractivity contribution is 6.18. The Kier molecular flexibility index (Phi) is 4.75. The van der Waals surface area contributed by atoms with E-state index >= 15 is 0 Å². The molecule has 1 atom stereocenters. The number of rotatable bonds is 4.